The van der Waals surface area contributed by atoms with Gasteiger partial charge in [0.15, 0.2) is 0 Å². The van der Waals surface area contributed by atoms with Gasteiger partial charge in [-0.25, -0.2) is 0 Å². The zero-order valence-electron chi connectivity index (χ0n) is 8.75. The molecule has 74 valence electrons. The van der Waals surface area contributed by atoms with Crippen LogP contribution in [-0.4, -0.2) is 5.11 Å². The predicted octanol–water partition coefficient (Wildman–Crippen LogP) is 2.64. The molecule has 1 aliphatic rings. The van der Waals surface area contributed by atoms with Crippen LogP contribution in [0.15, 0.2) is 36.9 Å². The van der Waals surface area contributed by atoms with Gasteiger partial charge in [0.25, 0.3) is 0 Å². The first-order chi connectivity index (χ1) is 6.51. The maximum Gasteiger partial charge on any atom is 0.113 e. The van der Waals surface area contributed by atoms with Crippen molar-refractivity contribution < 1.29 is 5.11 Å². The maximum absolute atomic E-state index is 10.6. The van der Waals surface area contributed by atoms with E-state index in [4.69, 9.17) is 0 Å². The summed E-state index contributed by atoms with van der Waals surface area (Å²) in [7, 11) is 0. The number of hydrogen-bond donors (Lipinski definition) is 1. The molecule has 1 atom stereocenters. The molecular weight excluding hydrogens is 172 g/mol. The summed E-state index contributed by atoms with van der Waals surface area (Å²) in [4.78, 5) is 0. The van der Waals surface area contributed by atoms with Crippen LogP contribution in [0.2, 0.25) is 0 Å². The summed E-state index contributed by atoms with van der Waals surface area (Å²) in [5, 5.41) is 10.6. The maximum atomic E-state index is 10.6. The van der Waals surface area contributed by atoms with Crippen molar-refractivity contribution in [1.29, 1.82) is 0 Å². The quantitative estimate of drug-likeness (QED) is 0.672. The van der Waals surface area contributed by atoms with Gasteiger partial charge >= 0.3 is 0 Å². The van der Waals surface area contributed by atoms with E-state index < -0.39 is 5.60 Å². The van der Waals surface area contributed by atoms with Crippen LogP contribution in [0.25, 0.3) is 0 Å². The van der Waals surface area contributed by atoms with Gasteiger partial charge in [-0.05, 0) is 17.5 Å². The van der Waals surface area contributed by atoms with Gasteiger partial charge in [-0.1, -0.05) is 50.8 Å². The fourth-order valence-electron chi connectivity index (χ4n) is 2.41. The van der Waals surface area contributed by atoms with E-state index in [1.807, 2.05) is 18.2 Å². The van der Waals surface area contributed by atoms with E-state index in [9.17, 15) is 5.11 Å². The molecule has 14 heavy (non-hydrogen) atoms. The minimum Gasteiger partial charge on any atom is -0.380 e. The fraction of sp³-hybridized carbons (Fsp3) is 0.385. The molecule has 0 saturated carbocycles. The minimum absolute atomic E-state index is 0.154. The molecule has 0 fully saturated rings. The van der Waals surface area contributed by atoms with Crippen molar-refractivity contribution in [2.75, 3.05) is 0 Å². The molecule has 1 aliphatic carbocycles. The Labute approximate surface area is 85.1 Å². The number of hydrogen-bond acceptors (Lipinski definition) is 1. The summed E-state index contributed by atoms with van der Waals surface area (Å²) in [6.07, 6.45) is 2.57. The first kappa shape index (κ1) is 9.47. The Kier molecular flexibility index (Phi) is 1.83. The Morgan fingerprint density at radius 2 is 2.00 bits per heavy atom. The standard InChI is InChI=1S/C13H16O/c1-4-13(14)11-8-6-5-7-10(11)9-12(13,2)3/h4-8,14H,1,9H2,2-3H3. The highest BCUT2D eigenvalue weighted by Crippen LogP contribution is 2.50. The van der Waals surface area contributed by atoms with E-state index in [-0.39, 0.29) is 5.41 Å². The van der Waals surface area contributed by atoms with Crippen molar-refractivity contribution in [1.82, 2.24) is 0 Å². The van der Waals surface area contributed by atoms with E-state index in [2.05, 4.69) is 26.5 Å². The Morgan fingerprint density at radius 3 is 2.64 bits per heavy atom. The van der Waals surface area contributed by atoms with Crippen molar-refractivity contribution in [3.8, 4) is 0 Å². The lowest BCUT2D eigenvalue weighted by atomic mass is 9.76. The van der Waals surface area contributed by atoms with Gasteiger partial charge < -0.3 is 5.11 Å². The molecule has 0 spiro atoms. The topological polar surface area (TPSA) is 20.2 Å². The molecule has 0 bridgehead atoms. The van der Waals surface area contributed by atoms with Crippen molar-refractivity contribution in [2.45, 2.75) is 25.9 Å². The van der Waals surface area contributed by atoms with Gasteiger partial charge in [0.1, 0.15) is 5.60 Å². The third kappa shape index (κ3) is 0.992. The molecule has 0 heterocycles. The zero-order valence-corrected chi connectivity index (χ0v) is 8.75. The van der Waals surface area contributed by atoms with E-state index in [1.165, 1.54) is 5.56 Å². The van der Waals surface area contributed by atoms with Crippen molar-refractivity contribution >= 4 is 0 Å². The molecule has 0 aromatic heterocycles. The Bertz CT molecular complexity index is 379. The lowest BCUT2D eigenvalue weighted by molar-refractivity contribution is -0.0134. The van der Waals surface area contributed by atoms with Crippen LogP contribution in [0.5, 0.6) is 0 Å². The van der Waals surface area contributed by atoms with Crippen LogP contribution in [-0.2, 0) is 12.0 Å². The second kappa shape index (κ2) is 2.71. The van der Waals surface area contributed by atoms with Gasteiger partial charge in [-0.2, -0.15) is 0 Å². The van der Waals surface area contributed by atoms with Gasteiger partial charge in [0.05, 0.1) is 0 Å². The third-order valence-electron chi connectivity index (χ3n) is 3.39. The number of rotatable bonds is 1. The highest BCUT2D eigenvalue weighted by Gasteiger charge is 2.48. The smallest absolute Gasteiger partial charge is 0.113 e. The van der Waals surface area contributed by atoms with Crippen molar-refractivity contribution in [3.05, 3.63) is 48.0 Å². The normalized spacial score (nSPS) is 28.5. The van der Waals surface area contributed by atoms with Gasteiger partial charge in [-0.3, -0.25) is 0 Å². The first-order valence-electron chi connectivity index (χ1n) is 4.95. The highest BCUT2D eigenvalue weighted by molar-refractivity contribution is 5.43. The van der Waals surface area contributed by atoms with Crippen LogP contribution in [0, 0.1) is 5.41 Å². The van der Waals surface area contributed by atoms with Crippen LogP contribution in [0.4, 0.5) is 0 Å². The molecule has 0 saturated heterocycles. The Balaban J connectivity index is 2.65. The van der Waals surface area contributed by atoms with Gasteiger partial charge in [-0.15, -0.1) is 0 Å². The van der Waals surface area contributed by atoms with Crippen LogP contribution in [0.3, 0.4) is 0 Å². The molecule has 0 amide bonds. The zero-order chi connectivity index (χ0) is 10.4. The number of aliphatic hydroxyl groups is 1. The van der Waals surface area contributed by atoms with Crippen molar-refractivity contribution in [3.63, 3.8) is 0 Å². The van der Waals surface area contributed by atoms with Crippen LogP contribution in [0.1, 0.15) is 25.0 Å². The average Bonchev–Trinajstić information content (AvgIpc) is 2.36. The summed E-state index contributed by atoms with van der Waals surface area (Å²) in [6.45, 7) is 7.92. The van der Waals surface area contributed by atoms with Crippen molar-refractivity contribution in [2.24, 2.45) is 5.41 Å². The summed E-state index contributed by atoms with van der Waals surface area (Å²) < 4.78 is 0. The number of fused-ring (bicyclic) bond motifs is 1. The monoisotopic (exact) mass is 188 g/mol. The van der Waals surface area contributed by atoms with E-state index in [0.717, 1.165) is 12.0 Å². The van der Waals surface area contributed by atoms with Gasteiger partial charge in [0, 0.05) is 5.41 Å². The molecule has 2 rings (SSSR count). The van der Waals surface area contributed by atoms with E-state index >= 15 is 0 Å². The van der Waals surface area contributed by atoms with E-state index in [0.29, 0.717) is 0 Å². The molecule has 1 heteroatoms. The molecule has 1 aromatic rings. The second-order valence-electron chi connectivity index (χ2n) is 4.69. The molecule has 0 aliphatic heterocycles. The highest BCUT2D eigenvalue weighted by atomic mass is 16.3. The lowest BCUT2D eigenvalue weighted by Crippen LogP contribution is -2.36. The predicted molar refractivity (Wildman–Crippen MR) is 58.0 cm³/mol. The average molecular weight is 188 g/mol. The van der Waals surface area contributed by atoms with Gasteiger partial charge in [0.2, 0.25) is 0 Å². The minimum atomic E-state index is -0.871. The molecule has 0 radical (unpaired) electrons. The lowest BCUT2D eigenvalue weighted by Gasteiger charge is -2.34. The van der Waals surface area contributed by atoms with Crippen LogP contribution >= 0.6 is 0 Å². The first-order valence-corrected chi connectivity index (χ1v) is 4.95. The summed E-state index contributed by atoms with van der Waals surface area (Å²) in [5.74, 6) is 0. The molecule has 1 N–H and O–H groups in total. The molecule has 1 nitrogen and oxygen atoms in total. The Hall–Kier alpha value is -1.08. The Morgan fingerprint density at radius 1 is 1.36 bits per heavy atom. The molecule has 1 aromatic carbocycles. The molecule has 1 unspecified atom stereocenters. The summed E-state index contributed by atoms with van der Waals surface area (Å²) >= 11 is 0. The second-order valence-corrected chi connectivity index (χ2v) is 4.69. The van der Waals surface area contributed by atoms with E-state index in [1.54, 1.807) is 6.08 Å². The van der Waals surface area contributed by atoms with Crippen LogP contribution < -0.4 is 0 Å². The largest absolute Gasteiger partial charge is 0.380 e. The molecular formula is C13H16O. The summed E-state index contributed by atoms with van der Waals surface area (Å²) in [6, 6.07) is 8.06. The third-order valence-corrected chi connectivity index (χ3v) is 3.39. The number of benzene rings is 1. The fourth-order valence-corrected chi connectivity index (χ4v) is 2.41. The summed E-state index contributed by atoms with van der Waals surface area (Å²) in [5.41, 5.74) is 1.22. The SMILES string of the molecule is C=CC1(O)c2ccccc2CC1(C)C.